The highest BCUT2D eigenvalue weighted by Gasteiger charge is 2.21. The fraction of sp³-hybridized carbons (Fsp3) is 0.125. The highest BCUT2D eigenvalue weighted by atomic mass is 19.1. The molecule has 0 unspecified atom stereocenters. The van der Waals surface area contributed by atoms with Gasteiger partial charge < -0.3 is 10.1 Å². The lowest BCUT2D eigenvalue weighted by molar-refractivity contribution is -0.129. The van der Waals surface area contributed by atoms with Gasteiger partial charge in [0.2, 0.25) is 0 Å². The second-order valence-corrected chi connectivity index (χ2v) is 6.59. The van der Waals surface area contributed by atoms with Crippen LogP contribution in [-0.2, 0) is 16.1 Å². The zero-order chi connectivity index (χ0) is 21.5. The molecule has 30 heavy (non-hydrogen) atoms. The lowest BCUT2D eigenvalue weighted by Gasteiger charge is -2.15. The summed E-state index contributed by atoms with van der Waals surface area (Å²) in [5.41, 5.74) is 2.59. The van der Waals surface area contributed by atoms with Crippen LogP contribution in [-0.4, -0.2) is 18.0 Å². The Kier molecular flexibility index (Phi) is 6.56. The van der Waals surface area contributed by atoms with E-state index in [9.17, 15) is 19.2 Å². The fourth-order valence-electron chi connectivity index (χ4n) is 2.92. The van der Waals surface area contributed by atoms with Crippen LogP contribution in [0.15, 0.2) is 72.8 Å². The third-order valence-electron chi connectivity index (χ3n) is 4.52. The number of rotatable bonds is 6. The minimum Gasteiger partial charge on any atom is -0.449 e. The van der Waals surface area contributed by atoms with Crippen molar-refractivity contribution in [3.63, 3.8) is 0 Å². The first kappa shape index (κ1) is 20.7. The van der Waals surface area contributed by atoms with E-state index < -0.39 is 18.0 Å². The Morgan fingerprint density at radius 3 is 2.33 bits per heavy atom. The van der Waals surface area contributed by atoms with E-state index in [-0.39, 0.29) is 17.9 Å². The molecule has 0 fully saturated rings. The Labute approximate surface area is 173 Å². The number of nitrogens with one attached hydrogen (secondary N) is 1. The summed E-state index contributed by atoms with van der Waals surface area (Å²) in [7, 11) is 0. The van der Waals surface area contributed by atoms with Gasteiger partial charge in [-0.1, -0.05) is 48.5 Å². The van der Waals surface area contributed by atoms with E-state index >= 15 is 0 Å². The molecule has 3 aromatic rings. The number of amides is 1. The van der Waals surface area contributed by atoms with Crippen molar-refractivity contribution >= 4 is 11.9 Å². The lowest BCUT2D eigenvalue weighted by Crippen LogP contribution is -2.35. The maximum atomic E-state index is 13.0. The number of carbonyl (C=O) groups excluding carboxylic acids is 2. The van der Waals surface area contributed by atoms with Gasteiger partial charge in [-0.2, -0.15) is 5.26 Å². The minimum atomic E-state index is -1.03. The summed E-state index contributed by atoms with van der Waals surface area (Å²) in [6.07, 6.45) is -1.03. The summed E-state index contributed by atoms with van der Waals surface area (Å²) >= 11 is 0. The Balaban J connectivity index is 1.71. The van der Waals surface area contributed by atoms with Gasteiger partial charge in [-0.3, -0.25) is 4.79 Å². The Morgan fingerprint density at radius 1 is 1.00 bits per heavy atom. The summed E-state index contributed by atoms with van der Waals surface area (Å²) in [4.78, 5) is 25.0. The van der Waals surface area contributed by atoms with Crippen molar-refractivity contribution in [2.45, 2.75) is 19.6 Å². The Morgan fingerprint density at radius 2 is 1.63 bits per heavy atom. The van der Waals surface area contributed by atoms with E-state index in [4.69, 9.17) is 4.74 Å². The average Bonchev–Trinajstić information content (AvgIpc) is 2.78. The summed E-state index contributed by atoms with van der Waals surface area (Å²) in [5.74, 6) is -1.49. The standard InChI is InChI=1S/C24H19FN2O3/c1-16(23(28)27-15-17-10-12-19(25)13-11-17)30-24(29)22-9-5-4-8-21(22)20-7-3-2-6-18(20)14-26/h2-13,16H,15H2,1H3,(H,27,28)/t16-/m1/s1. The number of nitriles is 1. The molecular formula is C24H19FN2O3. The molecule has 0 aliphatic rings. The molecule has 0 spiro atoms. The number of carbonyl (C=O) groups is 2. The predicted octanol–water partition coefficient (Wildman–Crippen LogP) is 4.23. The van der Waals surface area contributed by atoms with Gasteiger partial charge >= 0.3 is 5.97 Å². The van der Waals surface area contributed by atoms with Crippen molar-refractivity contribution in [3.8, 4) is 17.2 Å². The quantitative estimate of drug-likeness (QED) is 0.626. The predicted molar refractivity (Wildman–Crippen MR) is 110 cm³/mol. The van der Waals surface area contributed by atoms with Crippen LogP contribution in [0.5, 0.6) is 0 Å². The summed E-state index contributed by atoms with van der Waals surface area (Å²) in [5, 5.41) is 12.0. The first-order valence-electron chi connectivity index (χ1n) is 9.31. The largest absolute Gasteiger partial charge is 0.449 e. The molecule has 3 aromatic carbocycles. The molecule has 1 amide bonds. The zero-order valence-electron chi connectivity index (χ0n) is 16.3. The SMILES string of the molecule is C[C@@H](OC(=O)c1ccccc1-c1ccccc1C#N)C(=O)NCc1ccc(F)cc1. The van der Waals surface area contributed by atoms with Crippen LogP contribution < -0.4 is 5.32 Å². The number of esters is 1. The third-order valence-corrected chi connectivity index (χ3v) is 4.52. The molecule has 1 N–H and O–H groups in total. The number of hydrogen-bond donors (Lipinski definition) is 1. The summed E-state index contributed by atoms with van der Waals surface area (Å²) in [6.45, 7) is 1.66. The van der Waals surface area contributed by atoms with Crippen molar-refractivity contribution in [2.24, 2.45) is 0 Å². The number of benzene rings is 3. The molecule has 0 aromatic heterocycles. The second kappa shape index (κ2) is 9.48. The highest BCUT2D eigenvalue weighted by Crippen LogP contribution is 2.27. The molecule has 0 saturated carbocycles. The third kappa shape index (κ3) is 4.89. The van der Waals surface area contributed by atoms with Gasteiger partial charge in [0.1, 0.15) is 5.82 Å². The molecule has 0 aliphatic heterocycles. The molecule has 0 radical (unpaired) electrons. The number of halogens is 1. The average molecular weight is 402 g/mol. The van der Waals surface area contributed by atoms with Gasteiger partial charge in [0, 0.05) is 12.1 Å². The van der Waals surface area contributed by atoms with Gasteiger partial charge in [0.05, 0.1) is 17.2 Å². The fourth-order valence-corrected chi connectivity index (χ4v) is 2.92. The number of nitrogens with zero attached hydrogens (tertiary/aromatic N) is 1. The van der Waals surface area contributed by atoms with Crippen LogP contribution in [0.25, 0.3) is 11.1 Å². The van der Waals surface area contributed by atoms with Crippen LogP contribution in [0.1, 0.15) is 28.4 Å². The molecule has 0 saturated heterocycles. The highest BCUT2D eigenvalue weighted by molar-refractivity contribution is 5.99. The molecular weight excluding hydrogens is 383 g/mol. The van der Waals surface area contributed by atoms with Gasteiger partial charge in [-0.15, -0.1) is 0 Å². The van der Waals surface area contributed by atoms with Crippen molar-refractivity contribution in [1.29, 1.82) is 5.26 Å². The topological polar surface area (TPSA) is 79.2 Å². The summed E-state index contributed by atoms with van der Waals surface area (Å²) in [6, 6.07) is 21.6. The van der Waals surface area contributed by atoms with Crippen molar-refractivity contribution < 1.29 is 18.7 Å². The smallest absolute Gasteiger partial charge is 0.339 e. The van der Waals surface area contributed by atoms with E-state index in [0.717, 1.165) is 5.56 Å². The van der Waals surface area contributed by atoms with Crippen molar-refractivity contribution in [2.75, 3.05) is 0 Å². The second-order valence-electron chi connectivity index (χ2n) is 6.59. The maximum absolute atomic E-state index is 13.0. The molecule has 3 rings (SSSR count). The van der Waals surface area contributed by atoms with E-state index in [0.29, 0.717) is 16.7 Å². The van der Waals surface area contributed by atoms with Gasteiger partial charge in [0.25, 0.3) is 5.91 Å². The van der Waals surface area contributed by atoms with Crippen LogP contribution in [0.4, 0.5) is 4.39 Å². The normalized spacial score (nSPS) is 11.2. The van der Waals surface area contributed by atoms with Crippen molar-refractivity contribution in [3.05, 3.63) is 95.3 Å². The molecule has 0 heterocycles. The Bertz CT molecular complexity index is 1100. The minimum absolute atomic E-state index is 0.188. The van der Waals surface area contributed by atoms with Crippen LogP contribution in [0.3, 0.4) is 0 Å². The van der Waals surface area contributed by atoms with Crippen molar-refractivity contribution in [1.82, 2.24) is 5.32 Å². The van der Waals surface area contributed by atoms with E-state index in [1.165, 1.54) is 19.1 Å². The molecule has 5 nitrogen and oxygen atoms in total. The van der Waals surface area contributed by atoms with E-state index in [2.05, 4.69) is 11.4 Å². The van der Waals surface area contributed by atoms with Crippen LogP contribution in [0.2, 0.25) is 0 Å². The summed E-state index contributed by atoms with van der Waals surface area (Å²) < 4.78 is 18.3. The monoisotopic (exact) mass is 402 g/mol. The van der Waals surface area contributed by atoms with Gasteiger partial charge in [-0.05, 0) is 42.3 Å². The maximum Gasteiger partial charge on any atom is 0.339 e. The number of ether oxygens (including phenoxy) is 1. The lowest BCUT2D eigenvalue weighted by atomic mass is 9.96. The first-order chi connectivity index (χ1) is 14.5. The molecule has 6 heteroatoms. The molecule has 1 atom stereocenters. The van der Waals surface area contributed by atoms with Crippen LogP contribution in [0, 0.1) is 17.1 Å². The number of hydrogen-bond acceptors (Lipinski definition) is 4. The van der Waals surface area contributed by atoms with Crippen LogP contribution >= 0.6 is 0 Å². The first-order valence-corrected chi connectivity index (χ1v) is 9.31. The molecule has 0 bridgehead atoms. The molecule has 0 aliphatic carbocycles. The van der Waals surface area contributed by atoms with E-state index in [1.54, 1.807) is 60.7 Å². The van der Waals surface area contributed by atoms with Gasteiger partial charge in [-0.25, -0.2) is 9.18 Å². The van der Waals surface area contributed by atoms with Gasteiger partial charge in [0.15, 0.2) is 6.10 Å². The molecule has 150 valence electrons. The van der Waals surface area contributed by atoms with E-state index in [1.807, 2.05) is 0 Å². The zero-order valence-corrected chi connectivity index (χ0v) is 16.3. The Hall–Kier alpha value is -3.98.